The van der Waals surface area contributed by atoms with E-state index in [9.17, 15) is 14.7 Å². The first-order valence-corrected chi connectivity index (χ1v) is 9.41. The smallest absolute Gasteiger partial charge is 0.252 e. The molecule has 158 valence electrons. The van der Waals surface area contributed by atoms with E-state index in [2.05, 4.69) is 27.5 Å². The summed E-state index contributed by atoms with van der Waals surface area (Å²) in [5.74, 6) is 5.40. The van der Waals surface area contributed by atoms with Crippen molar-refractivity contribution in [2.75, 3.05) is 5.32 Å². The standard InChI is InChI=1S/C24H21N3O3.CH4/c1-17(28)22(24(30)26-21-9-5-6-16-25-21)27-23(29)20-14-12-19(13-15-20)11-10-18-7-3-2-4-8-18;/h2-9,12-17,22,28H,1H3,(H,27,29)(H,25,26,30);1H4/t17-,22+;/m1./s1. The molecule has 0 unspecified atom stereocenters. The van der Waals surface area contributed by atoms with E-state index in [0.29, 0.717) is 11.4 Å². The molecule has 31 heavy (non-hydrogen) atoms. The zero-order chi connectivity index (χ0) is 21.3. The normalized spacial score (nSPS) is 11.7. The maximum atomic E-state index is 12.6. The van der Waals surface area contributed by atoms with Gasteiger partial charge < -0.3 is 15.7 Å². The molecule has 0 aliphatic rings. The van der Waals surface area contributed by atoms with Crippen molar-refractivity contribution >= 4 is 17.6 Å². The van der Waals surface area contributed by atoms with Gasteiger partial charge in [0.2, 0.25) is 0 Å². The number of nitrogens with zero attached hydrogens (tertiary/aromatic N) is 1. The van der Waals surface area contributed by atoms with Gasteiger partial charge in [0.25, 0.3) is 11.8 Å². The van der Waals surface area contributed by atoms with Crippen LogP contribution < -0.4 is 10.6 Å². The third kappa shape index (κ3) is 6.81. The first-order valence-electron chi connectivity index (χ1n) is 9.41. The molecule has 2 atom stereocenters. The predicted octanol–water partition coefficient (Wildman–Crippen LogP) is 3.24. The van der Waals surface area contributed by atoms with E-state index in [0.717, 1.165) is 11.1 Å². The van der Waals surface area contributed by atoms with Gasteiger partial charge in [-0.2, -0.15) is 0 Å². The van der Waals surface area contributed by atoms with Crippen LogP contribution in [-0.2, 0) is 4.79 Å². The summed E-state index contributed by atoms with van der Waals surface area (Å²) in [7, 11) is 0. The number of pyridine rings is 1. The molecule has 0 radical (unpaired) electrons. The molecule has 0 fully saturated rings. The highest BCUT2D eigenvalue weighted by Gasteiger charge is 2.26. The largest absolute Gasteiger partial charge is 0.391 e. The van der Waals surface area contributed by atoms with Crippen LogP contribution in [0.2, 0.25) is 0 Å². The van der Waals surface area contributed by atoms with Gasteiger partial charge in [-0.1, -0.05) is 43.5 Å². The zero-order valence-corrected chi connectivity index (χ0v) is 16.4. The number of carbonyl (C=O) groups is 2. The molecule has 3 rings (SSSR count). The van der Waals surface area contributed by atoms with Crippen LogP contribution in [-0.4, -0.2) is 34.1 Å². The van der Waals surface area contributed by atoms with Gasteiger partial charge in [-0.05, 0) is 55.5 Å². The summed E-state index contributed by atoms with van der Waals surface area (Å²) >= 11 is 0. The Hall–Kier alpha value is -3.95. The molecule has 0 aliphatic carbocycles. The minimum absolute atomic E-state index is 0. The first kappa shape index (κ1) is 23.3. The van der Waals surface area contributed by atoms with Crippen LogP contribution in [0.1, 0.15) is 35.8 Å². The average Bonchev–Trinajstić information content (AvgIpc) is 2.77. The van der Waals surface area contributed by atoms with Crippen molar-refractivity contribution in [2.45, 2.75) is 26.5 Å². The number of benzene rings is 2. The van der Waals surface area contributed by atoms with E-state index >= 15 is 0 Å². The minimum Gasteiger partial charge on any atom is -0.391 e. The fraction of sp³-hybridized carbons (Fsp3) is 0.160. The lowest BCUT2D eigenvalue weighted by molar-refractivity contribution is -0.120. The van der Waals surface area contributed by atoms with Crippen molar-refractivity contribution in [2.24, 2.45) is 0 Å². The lowest BCUT2D eigenvalue weighted by atomic mass is 10.1. The highest BCUT2D eigenvalue weighted by atomic mass is 16.3. The van der Waals surface area contributed by atoms with Gasteiger partial charge in [-0.25, -0.2) is 4.98 Å². The van der Waals surface area contributed by atoms with Gasteiger partial charge in [0, 0.05) is 22.9 Å². The van der Waals surface area contributed by atoms with E-state index in [1.807, 2.05) is 30.3 Å². The molecule has 6 heteroatoms. The average molecular weight is 415 g/mol. The summed E-state index contributed by atoms with van der Waals surface area (Å²) in [5.41, 5.74) is 2.02. The second kappa shape index (κ2) is 11.3. The molecule has 0 saturated heterocycles. The quantitative estimate of drug-likeness (QED) is 0.558. The Labute approximate surface area is 182 Å². The number of carbonyl (C=O) groups excluding carboxylic acids is 2. The SMILES string of the molecule is C.C[C@@H](O)[C@H](NC(=O)c1ccc(C#Cc2ccccc2)cc1)C(=O)Nc1ccccn1. The van der Waals surface area contributed by atoms with Crippen LogP contribution in [0.3, 0.4) is 0 Å². The Morgan fingerprint density at radius 2 is 1.52 bits per heavy atom. The van der Waals surface area contributed by atoms with Crippen LogP contribution in [0, 0.1) is 11.8 Å². The molecular formula is C25H25N3O3. The number of rotatable bonds is 5. The number of aliphatic hydroxyl groups excluding tert-OH is 1. The van der Waals surface area contributed by atoms with Crippen LogP contribution in [0.15, 0.2) is 79.0 Å². The van der Waals surface area contributed by atoms with Crippen molar-refractivity contribution in [3.63, 3.8) is 0 Å². The Morgan fingerprint density at radius 3 is 2.10 bits per heavy atom. The lowest BCUT2D eigenvalue weighted by Gasteiger charge is -2.20. The van der Waals surface area contributed by atoms with Gasteiger partial charge in [0.1, 0.15) is 11.9 Å². The van der Waals surface area contributed by atoms with Crippen LogP contribution in [0.5, 0.6) is 0 Å². The molecular weight excluding hydrogens is 390 g/mol. The Balaban J connectivity index is 0.00000341. The number of hydrogen-bond acceptors (Lipinski definition) is 4. The first-order chi connectivity index (χ1) is 14.5. The summed E-state index contributed by atoms with van der Waals surface area (Å²) in [4.78, 5) is 29.0. The third-order valence-electron chi connectivity index (χ3n) is 4.24. The monoisotopic (exact) mass is 415 g/mol. The summed E-state index contributed by atoms with van der Waals surface area (Å²) in [6, 6.07) is 20.2. The fourth-order valence-corrected chi connectivity index (χ4v) is 2.64. The van der Waals surface area contributed by atoms with Crippen molar-refractivity contribution < 1.29 is 14.7 Å². The highest BCUT2D eigenvalue weighted by molar-refractivity contribution is 6.01. The molecule has 3 N–H and O–H groups in total. The van der Waals surface area contributed by atoms with Crippen molar-refractivity contribution in [1.29, 1.82) is 0 Å². The Bertz CT molecular complexity index is 1050. The number of amides is 2. The Kier molecular flexibility index (Phi) is 8.50. The van der Waals surface area contributed by atoms with Crippen molar-refractivity contribution in [3.05, 3.63) is 95.7 Å². The van der Waals surface area contributed by atoms with Gasteiger partial charge in [0.15, 0.2) is 0 Å². The predicted molar refractivity (Wildman–Crippen MR) is 121 cm³/mol. The van der Waals surface area contributed by atoms with Crippen LogP contribution >= 0.6 is 0 Å². The molecule has 0 saturated carbocycles. The van der Waals surface area contributed by atoms with E-state index in [4.69, 9.17) is 0 Å². The van der Waals surface area contributed by atoms with Crippen molar-refractivity contribution in [3.8, 4) is 11.8 Å². The van der Waals surface area contributed by atoms with Crippen LogP contribution in [0.4, 0.5) is 5.82 Å². The van der Waals surface area contributed by atoms with Crippen molar-refractivity contribution in [1.82, 2.24) is 10.3 Å². The number of anilines is 1. The molecule has 0 spiro atoms. The third-order valence-corrected chi connectivity index (χ3v) is 4.24. The fourth-order valence-electron chi connectivity index (χ4n) is 2.64. The molecule has 3 aromatic rings. The molecule has 1 heterocycles. The van der Waals surface area contributed by atoms with Gasteiger partial charge in [-0.15, -0.1) is 0 Å². The number of nitrogens with one attached hydrogen (secondary N) is 2. The van der Waals surface area contributed by atoms with Gasteiger partial charge in [0.05, 0.1) is 6.10 Å². The second-order valence-electron chi connectivity index (χ2n) is 6.59. The summed E-state index contributed by atoms with van der Waals surface area (Å²) in [6.07, 6.45) is 0.446. The van der Waals surface area contributed by atoms with E-state index in [-0.39, 0.29) is 7.43 Å². The van der Waals surface area contributed by atoms with Gasteiger partial charge >= 0.3 is 0 Å². The molecule has 1 aromatic heterocycles. The maximum absolute atomic E-state index is 12.6. The number of aliphatic hydroxyl groups is 1. The Morgan fingerprint density at radius 1 is 0.903 bits per heavy atom. The summed E-state index contributed by atoms with van der Waals surface area (Å²) in [5, 5.41) is 15.1. The molecule has 0 aliphatic heterocycles. The van der Waals surface area contributed by atoms with E-state index in [1.54, 1.807) is 42.5 Å². The zero-order valence-electron chi connectivity index (χ0n) is 16.4. The molecule has 6 nitrogen and oxygen atoms in total. The molecule has 2 amide bonds. The summed E-state index contributed by atoms with van der Waals surface area (Å²) in [6.45, 7) is 1.44. The molecule has 0 bridgehead atoms. The summed E-state index contributed by atoms with van der Waals surface area (Å²) < 4.78 is 0. The van der Waals surface area contributed by atoms with Gasteiger partial charge in [-0.3, -0.25) is 9.59 Å². The lowest BCUT2D eigenvalue weighted by Crippen LogP contribution is -2.50. The maximum Gasteiger partial charge on any atom is 0.252 e. The van der Waals surface area contributed by atoms with Crippen LogP contribution in [0.25, 0.3) is 0 Å². The molecule has 2 aromatic carbocycles. The minimum atomic E-state index is -1.13. The highest BCUT2D eigenvalue weighted by Crippen LogP contribution is 2.07. The van der Waals surface area contributed by atoms with E-state index in [1.165, 1.54) is 13.1 Å². The number of hydrogen-bond donors (Lipinski definition) is 3. The number of aromatic nitrogens is 1. The second-order valence-corrected chi connectivity index (χ2v) is 6.59. The topological polar surface area (TPSA) is 91.3 Å². The van der Waals surface area contributed by atoms with E-state index < -0.39 is 24.0 Å².